The maximum atomic E-state index is 11.4. The number of hydrogen-bond donors (Lipinski definition) is 0. The average Bonchev–Trinajstić information content (AvgIpc) is 2.74. The van der Waals surface area contributed by atoms with E-state index in [4.69, 9.17) is 9.47 Å². The monoisotopic (exact) mass is 240 g/mol. The number of carbonyl (C=O) groups is 1. The molecule has 0 aliphatic rings. The molecule has 0 atom stereocenters. The summed E-state index contributed by atoms with van der Waals surface area (Å²) < 4.78 is 12.1. The fourth-order valence-electron chi connectivity index (χ4n) is 1.28. The number of carbonyl (C=O) groups excluding carboxylic acids is 1. The van der Waals surface area contributed by atoms with Gasteiger partial charge in [0.15, 0.2) is 5.75 Å². The number of rotatable bonds is 5. The van der Waals surface area contributed by atoms with Crippen molar-refractivity contribution in [2.45, 2.75) is 33.7 Å². The molecule has 0 unspecified atom stereocenters. The lowest BCUT2D eigenvalue weighted by atomic mass is 9.95. The van der Waals surface area contributed by atoms with Crippen molar-refractivity contribution >= 4 is 5.97 Å². The van der Waals surface area contributed by atoms with Gasteiger partial charge in [-0.1, -0.05) is 0 Å². The van der Waals surface area contributed by atoms with Crippen molar-refractivity contribution in [1.29, 1.82) is 0 Å². The van der Waals surface area contributed by atoms with Gasteiger partial charge >= 0.3 is 5.97 Å². The number of aromatic nitrogens is 2. The van der Waals surface area contributed by atoms with Gasteiger partial charge in [-0.15, -0.1) is 0 Å². The van der Waals surface area contributed by atoms with Crippen LogP contribution in [-0.2, 0) is 9.53 Å². The molecule has 5 heteroatoms. The molecule has 1 rings (SSSR count). The molecule has 0 saturated heterocycles. The largest absolute Gasteiger partial charge is 0.489 e. The van der Waals surface area contributed by atoms with Crippen LogP contribution in [-0.4, -0.2) is 29.5 Å². The summed E-state index contributed by atoms with van der Waals surface area (Å²) in [4.78, 5) is 11.4. The zero-order valence-corrected chi connectivity index (χ0v) is 11.1. The van der Waals surface area contributed by atoms with Crippen molar-refractivity contribution < 1.29 is 14.3 Å². The predicted molar refractivity (Wildman–Crippen MR) is 63.9 cm³/mol. The van der Waals surface area contributed by atoms with Crippen molar-refractivity contribution in [1.82, 2.24) is 9.78 Å². The highest BCUT2D eigenvalue weighted by Crippen LogP contribution is 2.20. The third-order valence-electron chi connectivity index (χ3n) is 2.44. The minimum atomic E-state index is -0.658. The van der Waals surface area contributed by atoms with Crippen molar-refractivity contribution in [3.63, 3.8) is 0 Å². The van der Waals surface area contributed by atoms with Gasteiger partial charge in [-0.3, -0.25) is 9.48 Å². The summed E-state index contributed by atoms with van der Waals surface area (Å²) in [5, 5.41) is 4.16. The molecule has 5 nitrogen and oxygen atoms in total. The van der Waals surface area contributed by atoms with E-state index >= 15 is 0 Å². The summed E-state index contributed by atoms with van der Waals surface area (Å²) in [7, 11) is 1.38. The molecular weight excluding hydrogens is 220 g/mol. The van der Waals surface area contributed by atoms with Gasteiger partial charge in [0.05, 0.1) is 24.9 Å². The highest BCUT2D eigenvalue weighted by molar-refractivity contribution is 5.75. The molecule has 0 saturated carbocycles. The van der Waals surface area contributed by atoms with Gasteiger partial charge in [-0.2, -0.15) is 5.10 Å². The fraction of sp³-hybridized carbons (Fsp3) is 0.667. The minimum absolute atomic E-state index is 0.267. The van der Waals surface area contributed by atoms with Crippen LogP contribution in [0.15, 0.2) is 12.4 Å². The maximum Gasteiger partial charge on any atom is 0.314 e. The predicted octanol–water partition coefficient (Wildman–Crippen LogP) is 2.04. The Hall–Kier alpha value is -1.52. The Kier molecular flexibility index (Phi) is 4.15. The lowest BCUT2D eigenvalue weighted by Gasteiger charge is -2.20. The van der Waals surface area contributed by atoms with Gasteiger partial charge in [0.2, 0.25) is 0 Å². The minimum Gasteiger partial charge on any atom is -0.489 e. The molecule has 0 amide bonds. The van der Waals surface area contributed by atoms with Crippen LogP contribution in [0.4, 0.5) is 0 Å². The molecule has 1 aromatic rings. The highest BCUT2D eigenvalue weighted by Gasteiger charge is 2.29. The van der Waals surface area contributed by atoms with Gasteiger partial charge < -0.3 is 9.47 Å². The third kappa shape index (κ3) is 3.47. The number of methoxy groups -OCH3 is 1. The normalized spacial score (nSPS) is 11.6. The van der Waals surface area contributed by atoms with E-state index in [1.807, 2.05) is 20.0 Å². The van der Waals surface area contributed by atoms with E-state index in [9.17, 15) is 4.79 Å². The van der Waals surface area contributed by atoms with Crippen LogP contribution in [0.1, 0.15) is 33.7 Å². The van der Waals surface area contributed by atoms with Gasteiger partial charge in [0, 0.05) is 6.04 Å². The van der Waals surface area contributed by atoms with Crippen molar-refractivity contribution in [2.24, 2.45) is 5.41 Å². The fourth-order valence-corrected chi connectivity index (χ4v) is 1.28. The second-order valence-corrected chi connectivity index (χ2v) is 4.91. The van der Waals surface area contributed by atoms with Gasteiger partial charge in [0.25, 0.3) is 0 Å². The van der Waals surface area contributed by atoms with Crippen LogP contribution < -0.4 is 4.74 Å². The van der Waals surface area contributed by atoms with Gasteiger partial charge in [-0.05, 0) is 27.7 Å². The molecule has 17 heavy (non-hydrogen) atoms. The molecule has 0 aromatic carbocycles. The highest BCUT2D eigenvalue weighted by atomic mass is 16.5. The maximum absolute atomic E-state index is 11.4. The van der Waals surface area contributed by atoms with Gasteiger partial charge in [0.1, 0.15) is 6.61 Å². The van der Waals surface area contributed by atoms with Crippen LogP contribution in [0.2, 0.25) is 0 Å². The summed E-state index contributed by atoms with van der Waals surface area (Å²) >= 11 is 0. The van der Waals surface area contributed by atoms with Crippen LogP contribution in [0.25, 0.3) is 0 Å². The van der Waals surface area contributed by atoms with E-state index in [-0.39, 0.29) is 12.6 Å². The second kappa shape index (κ2) is 5.21. The molecule has 0 radical (unpaired) electrons. The Balaban J connectivity index is 2.58. The Morgan fingerprint density at radius 3 is 2.65 bits per heavy atom. The molecule has 0 aliphatic heterocycles. The second-order valence-electron chi connectivity index (χ2n) is 4.91. The first kappa shape index (κ1) is 13.5. The summed E-state index contributed by atoms with van der Waals surface area (Å²) in [6, 6.07) is 0.293. The lowest BCUT2D eigenvalue weighted by molar-refractivity contribution is -0.152. The van der Waals surface area contributed by atoms with E-state index in [0.717, 1.165) is 0 Å². The SMILES string of the molecule is COC(=O)C(C)(C)COc1cnn(C(C)C)c1. The van der Waals surface area contributed by atoms with E-state index in [2.05, 4.69) is 5.10 Å². The van der Waals surface area contributed by atoms with E-state index in [1.165, 1.54) is 7.11 Å². The molecule has 0 aliphatic carbocycles. The first-order chi connectivity index (χ1) is 7.86. The molecule has 1 heterocycles. The topological polar surface area (TPSA) is 53.4 Å². The average molecular weight is 240 g/mol. The van der Waals surface area contributed by atoms with Gasteiger partial charge in [-0.25, -0.2) is 0 Å². The van der Waals surface area contributed by atoms with Crippen LogP contribution in [0.3, 0.4) is 0 Å². The Morgan fingerprint density at radius 1 is 1.53 bits per heavy atom. The molecule has 1 aromatic heterocycles. The summed E-state index contributed by atoms with van der Waals surface area (Å²) in [6.07, 6.45) is 3.46. The summed E-state index contributed by atoms with van der Waals surface area (Å²) in [6.45, 7) is 7.91. The Morgan fingerprint density at radius 2 is 2.18 bits per heavy atom. The molecule has 0 bridgehead atoms. The van der Waals surface area contributed by atoms with Crippen LogP contribution in [0.5, 0.6) is 5.75 Å². The van der Waals surface area contributed by atoms with Crippen molar-refractivity contribution in [3.8, 4) is 5.75 Å². The van der Waals surface area contributed by atoms with Crippen LogP contribution in [0, 0.1) is 5.41 Å². The van der Waals surface area contributed by atoms with Crippen molar-refractivity contribution in [3.05, 3.63) is 12.4 Å². The first-order valence-corrected chi connectivity index (χ1v) is 5.62. The smallest absolute Gasteiger partial charge is 0.314 e. The van der Waals surface area contributed by atoms with Crippen LogP contribution >= 0.6 is 0 Å². The number of hydrogen-bond acceptors (Lipinski definition) is 4. The molecule has 0 fully saturated rings. The number of ether oxygens (including phenoxy) is 2. The van der Waals surface area contributed by atoms with E-state index in [1.54, 1.807) is 24.7 Å². The Labute approximate surface area is 102 Å². The number of nitrogens with zero attached hydrogens (tertiary/aromatic N) is 2. The van der Waals surface area contributed by atoms with E-state index < -0.39 is 5.41 Å². The first-order valence-electron chi connectivity index (χ1n) is 5.62. The zero-order chi connectivity index (χ0) is 13.1. The van der Waals surface area contributed by atoms with Crippen molar-refractivity contribution in [2.75, 3.05) is 13.7 Å². The Bertz CT molecular complexity index is 383. The molecule has 96 valence electrons. The zero-order valence-electron chi connectivity index (χ0n) is 11.1. The summed E-state index contributed by atoms with van der Waals surface area (Å²) in [5.41, 5.74) is -0.658. The quantitative estimate of drug-likeness (QED) is 0.739. The lowest BCUT2D eigenvalue weighted by Crippen LogP contribution is -2.32. The third-order valence-corrected chi connectivity index (χ3v) is 2.44. The molecule has 0 spiro atoms. The number of esters is 1. The molecule has 0 N–H and O–H groups in total. The molecular formula is C12H20N2O3. The van der Waals surface area contributed by atoms with E-state index in [0.29, 0.717) is 11.8 Å². The standard InChI is InChI=1S/C12H20N2O3/c1-9(2)14-7-10(6-13-14)17-8-12(3,4)11(15)16-5/h6-7,9H,8H2,1-5H3. The summed E-state index contributed by atoms with van der Waals surface area (Å²) in [5.74, 6) is 0.379.